The van der Waals surface area contributed by atoms with E-state index in [1.165, 1.54) is 22.5 Å². The Kier molecular flexibility index (Phi) is 5.88. The average molecular weight is 400 g/mol. The highest BCUT2D eigenvalue weighted by molar-refractivity contribution is 7.12. The second-order valence-corrected chi connectivity index (χ2v) is 8.07. The molecule has 3 aromatic rings. The molecule has 0 saturated heterocycles. The zero-order chi connectivity index (χ0) is 19.6. The van der Waals surface area contributed by atoms with Gasteiger partial charge in [-0.25, -0.2) is 0 Å². The lowest BCUT2D eigenvalue weighted by Crippen LogP contribution is -2.11. The van der Waals surface area contributed by atoms with Gasteiger partial charge < -0.3 is 10.1 Å². The minimum atomic E-state index is -0.140. The molecule has 0 spiro atoms. The third kappa shape index (κ3) is 4.71. The molecule has 2 aromatic carbocycles. The standard InChI is InChI=1S/C22H22ClNO2S/c1-13-7-15(3)16(4)20(8-13)26-11-17-9-21(27-12-17)22(25)24-19-10-18(23)6-5-14(19)2/h5-10,12H,11H2,1-4H3,(H,24,25). The molecule has 5 heteroatoms. The van der Waals surface area contributed by atoms with Gasteiger partial charge in [0.15, 0.2) is 0 Å². The van der Waals surface area contributed by atoms with Crippen LogP contribution in [-0.2, 0) is 6.61 Å². The number of ether oxygens (including phenoxy) is 1. The summed E-state index contributed by atoms with van der Waals surface area (Å²) in [5.41, 5.74) is 6.21. The number of amides is 1. The molecule has 1 N–H and O–H groups in total. The predicted molar refractivity (Wildman–Crippen MR) is 113 cm³/mol. The van der Waals surface area contributed by atoms with Crippen LogP contribution in [0.4, 0.5) is 5.69 Å². The van der Waals surface area contributed by atoms with Crippen LogP contribution in [0.3, 0.4) is 0 Å². The summed E-state index contributed by atoms with van der Waals surface area (Å²) in [6.07, 6.45) is 0. The SMILES string of the molecule is Cc1cc(C)c(C)c(OCc2csc(C(=O)Nc3cc(Cl)ccc3C)c2)c1. The molecule has 0 fully saturated rings. The molecule has 1 aromatic heterocycles. The van der Waals surface area contributed by atoms with E-state index in [9.17, 15) is 4.79 Å². The van der Waals surface area contributed by atoms with Gasteiger partial charge in [-0.3, -0.25) is 4.79 Å². The Morgan fingerprint density at radius 1 is 1.07 bits per heavy atom. The number of hydrogen-bond acceptors (Lipinski definition) is 3. The molecular weight excluding hydrogens is 378 g/mol. The molecule has 1 amide bonds. The number of anilines is 1. The summed E-state index contributed by atoms with van der Waals surface area (Å²) in [6, 6.07) is 11.5. The summed E-state index contributed by atoms with van der Waals surface area (Å²) in [7, 11) is 0. The van der Waals surface area contributed by atoms with Crippen LogP contribution in [0.5, 0.6) is 5.75 Å². The number of nitrogens with one attached hydrogen (secondary N) is 1. The van der Waals surface area contributed by atoms with Crippen molar-refractivity contribution in [3.05, 3.63) is 79.5 Å². The smallest absolute Gasteiger partial charge is 0.265 e. The molecule has 0 aliphatic carbocycles. The fourth-order valence-electron chi connectivity index (χ4n) is 2.79. The maximum absolute atomic E-state index is 12.5. The summed E-state index contributed by atoms with van der Waals surface area (Å²) in [5.74, 6) is 0.749. The van der Waals surface area contributed by atoms with E-state index in [-0.39, 0.29) is 5.91 Å². The third-order valence-electron chi connectivity index (χ3n) is 4.48. The molecule has 0 radical (unpaired) electrons. The van der Waals surface area contributed by atoms with E-state index < -0.39 is 0 Å². The van der Waals surface area contributed by atoms with Crippen LogP contribution in [0, 0.1) is 27.7 Å². The van der Waals surface area contributed by atoms with Crippen LogP contribution in [0.2, 0.25) is 5.02 Å². The maximum Gasteiger partial charge on any atom is 0.265 e. The van der Waals surface area contributed by atoms with Crippen LogP contribution in [0.1, 0.15) is 37.5 Å². The van der Waals surface area contributed by atoms with Gasteiger partial charge in [0.2, 0.25) is 0 Å². The first kappa shape index (κ1) is 19.5. The highest BCUT2D eigenvalue weighted by Gasteiger charge is 2.12. The molecule has 0 unspecified atom stereocenters. The Morgan fingerprint density at radius 3 is 2.63 bits per heavy atom. The van der Waals surface area contributed by atoms with E-state index in [0.29, 0.717) is 16.5 Å². The van der Waals surface area contributed by atoms with Crippen molar-refractivity contribution in [2.75, 3.05) is 5.32 Å². The summed E-state index contributed by atoms with van der Waals surface area (Å²) in [4.78, 5) is 13.2. The topological polar surface area (TPSA) is 38.3 Å². The molecule has 1 heterocycles. The molecule has 140 valence electrons. The highest BCUT2D eigenvalue weighted by Crippen LogP contribution is 2.26. The number of carbonyl (C=O) groups is 1. The summed E-state index contributed by atoms with van der Waals surface area (Å²) < 4.78 is 5.99. The van der Waals surface area contributed by atoms with Crippen molar-refractivity contribution in [2.24, 2.45) is 0 Å². The fraction of sp³-hybridized carbons (Fsp3) is 0.227. The zero-order valence-electron chi connectivity index (χ0n) is 15.9. The number of thiophene rings is 1. The highest BCUT2D eigenvalue weighted by atomic mass is 35.5. The van der Waals surface area contributed by atoms with Gasteiger partial charge in [0, 0.05) is 16.3 Å². The van der Waals surface area contributed by atoms with Crippen molar-refractivity contribution in [1.82, 2.24) is 0 Å². The number of hydrogen-bond donors (Lipinski definition) is 1. The van der Waals surface area contributed by atoms with Crippen molar-refractivity contribution in [1.29, 1.82) is 0 Å². The minimum absolute atomic E-state index is 0.140. The predicted octanol–water partition coefficient (Wildman–Crippen LogP) is 6.47. The van der Waals surface area contributed by atoms with Crippen LogP contribution in [0.25, 0.3) is 0 Å². The second-order valence-electron chi connectivity index (χ2n) is 6.73. The summed E-state index contributed by atoms with van der Waals surface area (Å²) in [5, 5.41) is 5.48. The van der Waals surface area contributed by atoms with Gasteiger partial charge in [-0.2, -0.15) is 0 Å². The Bertz CT molecular complexity index is 994. The van der Waals surface area contributed by atoms with E-state index in [2.05, 4.69) is 32.2 Å². The largest absolute Gasteiger partial charge is 0.489 e. The van der Waals surface area contributed by atoms with Crippen LogP contribution in [-0.4, -0.2) is 5.91 Å². The van der Waals surface area contributed by atoms with Gasteiger partial charge in [0.1, 0.15) is 12.4 Å². The Morgan fingerprint density at radius 2 is 1.85 bits per heavy atom. The van der Waals surface area contributed by atoms with E-state index >= 15 is 0 Å². The van der Waals surface area contributed by atoms with Gasteiger partial charge in [-0.1, -0.05) is 23.7 Å². The number of rotatable bonds is 5. The monoisotopic (exact) mass is 399 g/mol. The van der Waals surface area contributed by atoms with E-state index in [1.54, 1.807) is 6.07 Å². The van der Waals surface area contributed by atoms with Gasteiger partial charge >= 0.3 is 0 Å². The van der Waals surface area contributed by atoms with E-state index in [1.807, 2.05) is 36.6 Å². The molecule has 0 aliphatic heterocycles. The second kappa shape index (κ2) is 8.15. The normalized spacial score (nSPS) is 10.7. The first-order valence-corrected chi connectivity index (χ1v) is 9.95. The lowest BCUT2D eigenvalue weighted by molar-refractivity contribution is 0.103. The van der Waals surface area contributed by atoms with Gasteiger partial charge in [0.05, 0.1) is 4.88 Å². The number of halogens is 1. The molecule has 27 heavy (non-hydrogen) atoms. The molecule has 0 bridgehead atoms. The molecule has 3 rings (SSSR count). The van der Waals surface area contributed by atoms with Crippen molar-refractivity contribution < 1.29 is 9.53 Å². The van der Waals surface area contributed by atoms with Crippen molar-refractivity contribution in [3.8, 4) is 5.75 Å². The summed E-state index contributed by atoms with van der Waals surface area (Å²) >= 11 is 7.43. The first-order valence-electron chi connectivity index (χ1n) is 8.69. The van der Waals surface area contributed by atoms with Crippen molar-refractivity contribution in [2.45, 2.75) is 34.3 Å². The zero-order valence-corrected chi connectivity index (χ0v) is 17.4. The lowest BCUT2D eigenvalue weighted by atomic mass is 10.1. The van der Waals surface area contributed by atoms with Gasteiger partial charge in [-0.15, -0.1) is 11.3 Å². The third-order valence-corrected chi connectivity index (χ3v) is 5.70. The number of aryl methyl sites for hydroxylation is 3. The van der Waals surface area contributed by atoms with Gasteiger partial charge in [0.25, 0.3) is 5.91 Å². The van der Waals surface area contributed by atoms with Crippen molar-refractivity contribution >= 4 is 34.5 Å². The lowest BCUT2D eigenvalue weighted by Gasteiger charge is -2.11. The average Bonchev–Trinajstić information content (AvgIpc) is 3.09. The molecule has 3 nitrogen and oxygen atoms in total. The van der Waals surface area contributed by atoms with Gasteiger partial charge in [-0.05, 0) is 79.6 Å². The Hall–Kier alpha value is -2.30. The molecular formula is C22H22ClNO2S. The van der Waals surface area contributed by atoms with Crippen LogP contribution in [0.15, 0.2) is 41.8 Å². The molecule has 0 saturated carbocycles. The Balaban J connectivity index is 1.68. The maximum atomic E-state index is 12.5. The molecule has 0 aliphatic rings. The summed E-state index contributed by atoms with van der Waals surface area (Å²) in [6.45, 7) is 8.57. The van der Waals surface area contributed by atoms with Crippen LogP contribution < -0.4 is 10.1 Å². The first-order chi connectivity index (χ1) is 12.8. The number of carbonyl (C=O) groups excluding carboxylic acids is 1. The minimum Gasteiger partial charge on any atom is -0.489 e. The van der Waals surface area contributed by atoms with Crippen molar-refractivity contribution in [3.63, 3.8) is 0 Å². The molecule has 0 atom stereocenters. The quantitative estimate of drug-likeness (QED) is 0.534. The fourth-order valence-corrected chi connectivity index (χ4v) is 3.76. The van der Waals surface area contributed by atoms with Crippen LogP contribution >= 0.6 is 22.9 Å². The number of benzene rings is 2. The Labute approximate surface area is 169 Å². The van der Waals surface area contributed by atoms with E-state index in [4.69, 9.17) is 16.3 Å². The van der Waals surface area contributed by atoms with E-state index in [0.717, 1.165) is 28.1 Å².